The van der Waals surface area contributed by atoms with Crippen molar-refractivity contribution >= 4 is 12.1 Å². The van der Waals surface area contributed by atoms with Crippen LogP contribution in [-0.4, -0.2) is 29.9 Å². The standard InChI is InChI=1S/C33H33N3O3/c1-5-11-28-21-25(22-31(38-7-3)32(28)39-20-6-2)23-34-35-33(37)27-15-17-29(18-16-27)36-24(4)14-19-30(36)26-12-9-8-10-13-26/h5-6,8-10,12-19,21-23H,1-2,7,11,20H2,3-4H3,(H,35,37)/b34-23+. The zero-order valence-corrected chi connectivity index (χ0v) is 22.4. The van der Waals surface area contributed by atoms with Crippen molar-refractivity contribution in [1.29, 1.82) is 0 Å². The zero-order chi connectivity index (χ0) is 27.6. The molecule has 0 radical (unpaired) electrons. The molecule has 4 aromatic rings. The molecule has 1 N–H and O–H groups in total. The fourth-order valence-corrected chi connectivity index (χ4v) is 4.34. The Balaban J connectivity index is 1.50. The van der Waals surface area contributed by atoms with E-state index in [2.05, 4.69) is 59.4 Å². The number of carbonyl (C=O) groups is 1. The number of hydrazone groups is 1. The molecule has 1 aromatic heterocycles. The summed E-state index contributed by atoms with van der Waals surface area (Å²) < 4.78 is 13.8. The molecule has 1 amide bonds. The fourth-order valence-electron chi connectivity index (χ4n) is 4.34. The summed E-state index contributed by atoms with van der Waals surface area (Å²) in [5.74, 6) is 0.969. The smallest absolute Gasteiger partial charge is 0.271 e. The van der Waals surface area contributed by atoms with Crippen molar-refractivity contribution in [3.8, 4) is 28.4 Å². The second-order valence-corrected chi connectivity index (χ2v) is 8.84. The van der Waals surface area contributed by atoms with E-state index in [0.717, 1.165) is 33.8 Å². The van der Waals surface area contributed by atoms with Crippen LogP contribution >= 0.6 is 0 Å². The lowest BCUT2D eigenvalue weighted by Crippen LogP contribution is -2.17. The molecule has 0 saturated heterocycles. The topological polar surface area (TPSA) is 64.8 Å². The van der Waals surface area contributed by atoms with Gasteiger partial charge in [0.15, 0.2) is 11.5 Å². The van der Waals surface area contributed by atoms with Gasteiger partial charge in [0.2, 0.25) is 0 Å². The molecule has 0 unspecified atom stereocenters. The molecule has 6 nitrogen and oxygen atoms in total. The maximum atomic E-state index is 12.8. The van der Waals surface area contributed by atoms with E-state index >= 15 is 0 Å². The van der Waals surface area contributed by atoms with Crippen LogP contribution in [-0.2, 0) is 6.42 Å². The van der Waals surface area contributed by atoms with Crippen LogP contribution in [0.1, 0.15) is 34.1 Å². The van der Waals surface area contributed by atoms with E-state index in [9.17, 15) is 4.79 Å². The maximum absolute atomic E-state index is 12.8. The number of hydrogen-bond acceptors (Lipinski definition) is 4. The van der Waals surface area contributed by atoms with Crippen LogP contribution in [0.5, 0.6) is 11.5 Å². The third kappa shape index (κ3) is 6.54. The van der Waals surface area contributed by atoms with E-state index < -0.39 is 0 Å². The molecular formula is C33H33N3O3. The first-order chi connectivity index (χ1) is 19.0. The summed E-state index contributed by atoms with van der Waals surface area (Å²) in [6.45, 7) is 12.4. The van der Waals surface area contributed by atoms with E-state index in [1.165, 1.54) is 0 Å². The molecular weight excluding hydrogens is 486 g/mol. The van der Waals surface area contributed by atoms with Gasteiger partial charge < -0.3 is 14.0 Å². The zero-order valence-electron chi connectivity index (χ0n) is 22.4. The maximum Gasteiger partial charge on any atom is 0.271 e. The van der Waals surface area contributed by atoms with Crippen LogP contribution in [0.4, 0.5) is 0 Å². The Morgan fingerprint density at radius 1 is 0.974 bits per heavy atom. The highest BCUT2D eigenvalue weighted by Crippen LogP contribution is 2.33. The average molecular weight is 520 g/mol. The molecule has 6 heteroatoms. The van der Waals surface area contributed by atoms with Crippen LogP contribution in [0.3, 0.4) is 0 Å². The minimum absolute atomic E-state index is 0.299. The van der Waals surface area contributed by atoms with Crippen LogP contribution in [0, 0.1) is 6.92 Å². The van der Waals surface area contributed by atoms with Gasteiger partial charge in [0.1, 0.15) is 6.61 Å². The van der Waals surface area contributed by atoms with E-state index in [1.807, 2.05) is 49.4 Å². The highest BCUT2D eigenvalue weighted by atomic mass is 16.5. The largest absolute Gasteiger partial charge is 0.490 e. The summed E-state index contributed by atoms with van der Waals surface area (Å²) in [5, 5.41) is 4.18. The SMILES string of the molecule is C=CCOc1c(CC=C)cc(/C=N/NC(=O)c2ccc(-n3c(C)ccc3-c3ccccc3)cc2)cc1OCC. The first kappa shape index (κ1) is 27.2. The number of nitrogens with one attached hydrogen (secondary N) is 1. The predicted molar refractivity (Wildman–Crippen MR) is 158 cm³/mol. The molecule has 198 valence electrons. The number of aryl methyl sites for hydroxylation is 1. The fraction of sp³-hybridized carbons (Fsp3) is 0.152. The summed E-state index contributed by atoms with van der Waals surface area (Å²) >= 11 is 0. The normalized spacial score (nSPS) is 10.8. The van der Waals surface area contributed by atoms with Gasteiger partial charge in [-0.1, -0.05) is 49.1 Å². The second kappa shape index (κ2) is 13.1. The van der Waals surface area contributed by atoms with Crippen LogP contribution in [0.15, 0.2) is 109 Å². The Bertz CT molecular complexity index is 1470. The minimum Gasteiger partial charge on any atom is -0.490 e. The Morgan fingerprint density at radius 3 is 2.44 bits per heavy atom. The molecule has 0 aliphatic carbocycles. The number of benzene rings is 3. The molecule has 0 saturated carbocycles. The van der Waals surface area contributed by atoms with Gasteiger partial charge in [-0.05, 0) is 79.9 Å². The van der Waals surface area contributed by atoms with E-state index in [-0.39, 0.29) is 5.91 Å². The van der Waals surface area contributed by atoms with E-state index in [4.69, 9.17) is 9.47 Å². The predicted octanol–water partition coefficient (Wildman–Crippen LogP) is 6.91. The number of allylic oxidation sites excluding steroid dienone is 1. The number of hydrogen-bond donors (Lipinski definition) is 1. The molecule has 0 aliphatic heterocycles. The quantitative estimate of drug-likeness (QED) is 0.126. The van der Waals surface area contributed by atoms with Crippen molar-refractivity contribution in [1.82, 2.24) is 9.99 Å². The van der Waals surface area contributed by atoms with Crippen molar-refractivity contribution in [3.63, 3.8) is 0 Å². The van der Waals surface area contributed by atoms with Crippen molar-refractivity contribution in [2.75, 3.05) is 13.2 Å². The van der Waals surface area contributed by atoms with E-state index in [0.29, 0.717) is 36.7 Å². The first-order valence-electron chi connectivity index (χ1n) is 12.9. The second-order valence-electron chi connectivity index (χ2n) is 8.84. The molecule has 0 atom stereocenters. The number of rotatable bonds is 12. The molecule has 39 heavy (non-hydrogen) atoms. The lowest BCUT2D eigenvalue weighted by molar-refractivity contribution is 0.0955. The lowest BCUT2D eigenvalue weighted by atomic mass is 10.1. The van der Waals surface area contributed by atoms with Gasteiger partial charge in [-0.25, -0.2) is 5.43 Å². The van der Waals surface area contributed by atoms with Crippen LogP contribution < -0.4 is 14.9 Å². The van der Waals surface area contributed by atoms with Crippen molar-refractivity contribution in [2.24, 2.45) is 5.10 Å². The summed E-state index contributed by atoms with van der Waals surface area (Å²) in [5.41, 5.74) is 9.13. The Labute approximate surface area is 229 Å². The Hall–Kier alpha value is -4.84. The van der Waals surface area contributed by atoms with Crippen molar-refractivity contribution in [2.45, 2.75) is 20.3 Å². The summed E-state index contributed by atoms with van der Waals surface area (Å²) in [6.07, 6.45) is 5.68. The van der Waals surface area contributed by atoms with E-state index in [1.54, 1.807) is 30.5 Å². The Kier molecular flexibility index (Phi) is 9.14. The number of ether oxygens (including phenoxy) is 2. The highest BCUT2D eigenvalue weighted by molar-refractivity contribution is 5.95. The molecule has 0 spiro atoms. The average Bonchev–Trinajstić information content (AvgIpc) is 3.34. The summed E-state index contributed by atoms with van der Waals surface area (Å²) in [6, 6.07) is 25.7. The number of nitrogens with zero attached hydrogens (tertiary/aromatic N) is 2. The van der Waals surface area contributed by atoms with Gasteiger partial charge in [-0.3, -0.25) is 4.79 Å². The van der Waals surface area contributed by atoms with Crippen LogP contribution in [0.2, 0.25) is 0 Å². The van der Waals surface area contributed by atoms with Gasteiger partial charge in [0.25, 0.3) is 5.91 Å². The molecule has 0 bridgehead atoms. The molecule has 1 heterocycles. The molecule has 0 aliphatic rings. The number of aromatic nitrogens is 1. The number of carbonyl (C=O) groups excluding carboxylic acids is 1. The van der Waals surface area contributed by atoms with Gasteiger partial charge in [-0.15, -0.1) is 6.58 Å². The van der Waals surface area contributed by atoms with Crippen molar-refractivity contribution in [3.05, 3.63) is 127 Å². The van der Waals surface area contributed by atoms with Gasteiger partial charge >= 0.3 is 0 Å². The monoisotopic (exact) mass is 519 g/mol. The summed E-state index contributed by atoms with van der Waals surface area (Å²) in [4.78, 5) is 12.8. The van der Waals surface area contributed by atoms with Gasteiger partial charge in [0.05, 0.1) is 18.5 Å². The summed E-state index contributed by atoms with van der Waals surface area (Å²) in [7, 11) is 0. The van der Waals surface area contributed by atoms with Crippen molar-refractivity contribution < 1.29 is 14.3 Å². The van der Waals surface area contributed by atoms with Crippen LogP contribution in [0.25, 0.3) is 16.9 Å². The molecule has 3 aromatic carbocycles. The Morgan fingerprint density at radius 2 is 1.74 bits per heavy atom. The first-order valence-corrected chi connectivity index (χ1v) is 12.9. The minimum atomic E-state index is -0.299. The third-order valence-corrected chi connectivity index (χ3v) is 6.08. The number of amides is 1. The lowest BCUT2D eigenvalue weighted by Gasteiger charge is -2.15. The molecule has 4 rings (SSSR count). The highest BCUT2D eigenvalue weighted by Gasteiger charge is 2.13. The third-order valence-electron chi connectivity index (χ3n) is 6.08. The van der Waals surface area contributed by atoms with Gasteiger partial charge in [-0.2, -0.15) is 5.10 Å². The van der Waals surface area contributed by atoms with Gasteiger partial charge in [0, 0.05) is 22.5 Å². The molecule has 0 fully saturated rings.